The van der Waals surface area contributed by atoms with Crippen LogP contribution in [-0.4, -0.2) is 36.5 Å². The Morgan fingerprint density at radius 3 is 2.85 bits per heavy atom. The molecular weight excluding hydrogens is 368 g/mol. The van der Waals surface area contributed by atoms with Gasteiger partial charge in [0.25, 0.3) is 0 Å². The standard InChI is InChI=1S/C19H24N2O3S2/c1-3-21(11-13-7-6-10-25-13)12-16(22)20-18-17(19(23)24-4-2)14-8-5-9-15(14)26-18/h6-7,10H,3-5,8-9,11-12H2,1-2H3,(H,20,22). The molecule has 3 rings (SSSR count). The molecule has 0 aliphatic heterocycles. The molecule has 0 fully saturated rings. The second-order valence-electron chi connectivity index (χ2n) is 6.21. The number of nitrogens with zero attached hydrogens (tertiary/aromatic N) is 1. The summed E-state index contributed by atoms with van der Waals surface area (Å²) in [5, 5.41) is 5.65. The molecule has 1 aliphatic carbocycles. The van der Waals surface area contributed by atoms with Crippen molar-refractivity contribution in [1.29, 1.82) is 0 Å². The van der Waals surface area contributed by atoms with E-state index in [1.807, 2.05) is 18.4 Å². The summed E-state index contributed by atoms with van der Waals surface area (Å²) >= 11 is 3.21. The summed E-state index contributed by atoms with van der Waals surface area (Å²) in [7, 11) is 0. The Labute approximate surface area is 162 Å². The van der Waals surface area contributed by atoms with E-state index in [4.69, 9.17) is 4.74 Å². The van der Waals surface area contributed by atoms with E-state index in [1.165, 1.54) is 21.1 Å². The van der Waals surface area contributed by atoms with E-state index >= 15 is 0 Å². The van der Waals surface area contributed by atoms with Gasteiger partial charge in [0.1, 0.15) is 5.00 Å². The molecule has 2 heterocycles. The highest BCUT2D eigenvalue weighted by atomic mass is 32.1. The van der Waals surface area contributed by atoms with Crippen molar-refractivity contribution >= 4 is 39.6 Å². The SMILES string of the molecule is CCOC(=O)c1c(NC(=O)CN(CC)Cc2cccs2)sc2c1CCC2. The third kappa shape index (κ3) is 4.34. The molecule has 0 saturated carbocycles. The first-order valence-corrected chi connectivity index (χ1v) is 10.7. The summed E-state index contributed by atoms with van der Waals surface area (Å²) in [5.74, 6) is -0.415. The Morgan fingerprint density at radius 1 is 1.31 bits per heavy atom. The molecule has 2 aromatic rings. The molecule has 0 unspecified atom stereocenters. The quantitative estimate of drug-likeness (QED) is 0.692. The van der Waals surface area contributed by atoms with Crippen molar-refractivity contribution in [2.24, 2.45) is 0 Å². The number of aryl methyl sites for hydroxylation is 1. The van der Waals surface area contributed by atoms with Crippen LogP contribution in [0.4, 0.5) is 5.00 Å². The monoisotopic (exact) mass is 392 g/mol. The minimum absolute atomic E-state index is 0.0890. The van der Waals surface area contributed by atoms with Gasteiger partial charge < -0.3 is 10.1 Å². The van der Waals surface area contributed by atoms with Gasteiger partial charge in [0.05, 0.1) is 18.7 Å². The Kier molecular flexibility index (Phi) is 6.45. The Bertz CT molecular complexity index is 768. The van der Waals surface area contributed by atoms with Crippen molar-refractivity contribution in [1.82, 2.24) is 4.90 Å². The van der Waals surface area contributed by atoms with E-state index in [9.17, 15) is 9.59 Å². The maximum atomic E-state index is 12.6. The molecule has 0 radical (unpaired) electrons. The predicted molar refractivity (Wildman–Crippen MR) is 106 cm³/mol. The number of rotatable bonds is 8. The number of carbonyl (C=O) groups is 2. The second kappa shape index (κ2) is 8.79. The summed E-state index contributed by atoms with van der Waals surface area (Å²) in [6, 6.07) is 4.10. The van der Waals surface area contributed by atoms with Gasteiger partial charge in [0, 0.05) is 16.3 Å². The average Bonchev–Trinajstić information content (AvgIpc) is 3.31. The van der Waals surface area contributed by atoms with Crippen LogP contribution in [0.5, 0.6) is 0 Å². The molecule has 0 atom stereocenters. The Morgan fingerprint density at radius 2 is 2.15 bits per heavy atom. The lowest BCUT2D eigenvalue weighted by molar-refractivity contribution is -0.117. The van der Waals surface area contributed by atoms with Gasteiger partial charge in [-0.3, -0.25) is 9.69 Å². The zero-order valence-electron chi connectivity index (χ0n) is 15.2. The van der Waals surface area contributed by atoms with Crippen LogP contribution in [0.3, 0.4) is 0 Å². The van der Waals surface area contributed by atoms with Crippen molar-refractivity contribution in [3.63, 3.8) is 0 Å². The molecule has 1 aliphatic rings. The molecule has 2 aromatic heterocycles. The zero-order valence-corrected chi connectivity index (χ0v) is 16.8. The molecule has 5 nitrogen and oxygen atoms in total. The van der Waals surface area contributed by atoms with E-state index in [2.05, 4.69) is 16.3 Å². The van der Waals surface area contributed by atoms with Crippen LogP contribution in [0.2, 0.25) is 0 Å². The number of esters is 1. The first kappa shape index (κ1) is 19.1. The summed E-state index contributed by atoms with van der Waals surface area (Å²) < 4.78 is 5.21. The van der Waals surface area contributed by atoms with Gasteiger partial charge in [-0.1, -0.05) is 13.0 Å². The van der Waals surface area contributed by atoms with E-state index in [0.29, 0.717) is 23.7 Å². The molecule has 7 heteroatoms. The highest BCUT2D eigenvalue weighted by Gasteiger charge is 2.28. The number of likely N-dealkylation sites (N-methyl/N-ethyl adjacent to an activating group) is 1. The van der Waals surface area contributed by atoms with Gasteiger partial charge in [-0.15, -0.1) is 22.7 Å². The number of hydrogen-bond acceptors (Lipinski definition) is 6. The molecule has 0 bridgehead atoms. The molecule has 140 valence electrons. The summed E-state index contributed by atoms with van der Waals surface area (Å²) in [6.45, 7) is 6.03. The van der Waals surface area contributed by atoms with Crippen LogP contribution in [-0.2, 0) is 28.9 Å². The largest absolute Gasteiger partial charge is 0.462 e. The average molecular weight is 393 g/mol. The lowest BCUT2D eigenvalue weighted by Crippen LogP contribution is -2.32. The smallest absolute Gasteiger partial charge is 0.341 e. The fourth-order valence-electron chi connectivity index (χ4n) is 3.18. The number of fused-ring (bicyclic) bond motifs is 1. The minimum atomic E-state index is -0.326. The second-order valence-corrected chi connectivity index (χ2v) is 8.35. The fourth-order valence-corrected chi connectivity index (χ4v) is 5.22. The van der Waals surface area contributed by atoms with Gasteiger partial charge in [-0.25, -0.2) is 4.79 Å². The molecule has 26 heavy (non-hydrogen) atoms. The maximum absolute atomic E-state index is 12.6. The van der Waals surface area contributed by atoms with E-state index in [0.717, 1.165) is 37.9 Å². The van der Waals surface area contributed by atoms with Gasteiger partial charge in [-0.05, 0) is 49.7 Å². The minimum Gasteiger partial charge on any atom is -0.462 e. The van der Waals surface area contributed by atoms with Crippen LogP contribution in [0.25, 0.3) is 0 Å². The number of amides is 1. The van der Waals surface area contributed by atoms with Crippen LogP contribution in [0, 0.1) is 0 Å². The Balaban J connectivity index is 1.69. The van der Waals surface area contributed by atoms with Gasteiger partial charge in [-0.2, -0.15) is 0 Å². The summed E-state index contributed by atoms with van der Waals surface area (Å²) in [6.07, 6.45) is 2.92. The summed E-state index contributed by atoms with van der Waals surface area (Å²) in [5.41, 5.74) is 1.63. The lowest BCUT2D eigenvalue weighted by Gasteiger charge is -2.19. The van der Waals surface area contributed by atoms with E-state index in [1.54, 1.807) is 18.3 Å². The van der Waals surface area contributed by atoms with Crippen LogP contribution >= 0.6 is 22.7 Å². The fraction of sp³-hybridized carbons (Fsp3) is 0.474. The molecular formula is C19H24N2O3S2. The molecule has 0 spiro atoms. The third-order valence-corrected chi connectivity index (χ3v) is 6.50. The highest BCUT2D eigenvalue weighted by molar-refractivity contribution is 7.17. The van der Waals surface area contributed by atoms with Crippen LogP contribution < -0.4 is 5.32 Å². The first-order valence-electron chi connectivity index (χ1n) is 8.98. The molecule has 0 saturated heterocycles. The zero-order chi connectivity index (χ0) is 18.5. The van der Waals surface area contributed by atoms with Crippen molar-refractivity contribution in [3.05, 3.63) is 38.4 Å². The van der Waals surface area contributed by atoms with Gasteiger partial charge >= 0.3 is 5.97 Å². The molecule has 1 N–H and O–H groups in total. The molecule has 0 aromatic carbocycles. The van der Waals surface area contributed by atoms with Crippen LogP contribution in [0.15, 0.2) is 17.5 Å². The maximum Gasteiger partial charge on any atom is 0.341 e. The Hall–Kier alpha value is -1.70. The van der Waals surface area contributed by atoms with Crippen molar-refractivity contribution < 1.29 is 14.3 Å². The topological polar surface area (TPSA) is 58.6 Å². The van der Waals surface area contributed by atoms with E-state index < -0.39 is 0 Å². The van der Waals surface area contributed by atoms with Crippen LogP contribution in [0.1, 0.15) is 45.9 Å². The normalized spacial score (nSPS) is 13.0. The van der Waals surface area contributed by atoms with Crippen molar-refractivity contribution in [3.8, 4) is 0 Å². The predicted octanol–water partition coefficient (Wildman–Crippen LogP) is 3.94. The number of ether oxygens (including phenoxy) is 1. The van der Waals surface area contributed by atoms with Crippen molar-refractivity contribution in [2.45, 2.75) is 39.7 Å². The number of nitrogens with one attached hydrogen (secondary N) is 1. The third-order valence-electron chi connectivity index (χ3n) is 4.43. The van der Waals surface area contributed by atoms with E-state index in [-0.39, 0.29) is 11.9 Å². The molecule has 1 amide bonds. The number of thiophene rings is 2. The number of hydrogen-bond donors (Lipinski definition) is 1. The highest BCUT2D eigenvalue weighted by Crippen LogP contribution is 2.39. The van der Waals surface area contributed by atoms with Crippen molar-refractivity contribution in [2.75, 3.05) is 25.0 Å². The first-order chi connectivity index (χ1) is 12.6. The number of anilines is 1. The number of carbonyl (C=O) groups excluding carboxylic acids is 2. The van der Waals surface area contributed by atoms with Gasteiger partial charge in [0.15, 0.2) is 0 Å². The summed E-state index contributed by atoms with van der Waals surface area (Å²) in [4.78, 5) is 29.5. The van der Waals surface area contributed by atoms with Gasteiger partial charge in [0.2, 0.25) is 5.91 Å². The lowest BCUT2D eigenvalue weighted by atomic mass is 10.1.